The van der Waals surface area contributed by atoms with Crippen molar-refractivity contribution in [3.63, 3.8) is 0 Å². The summed E-state index contributed by atoms with van der Waals surface area (Å²) in [6.45, 7) is 6.68. The maximum Gasteiger partial charge on any atom is 0.131 e. The fourth-order valence-corrected chi connectivity index (χ4v) is 5.40. The van der Waals surface area contributed by atoms with Gasteiger partial charge in [-0.1, -0.05) is 44.2 Å². The highest BCUT2D eigenvalue weighted by atomic mass is 19.1. The molecule has 0 amide bonds. The summed E-state index contributed by atoms with van der Waals surface area (Å²) in [5, 5.41) is 41.5. The van der Waals surface area contributed by atoms with E-state index in [0.717, 1.165) is 16.5 Å². The molecule has 46 heavy (non-hydrogen) atoms. The fraction of sp³-hybridized carbons (Fsp3) is 0.235. The van der Waals surface area contributed by atoms with Crippen LogP contribution in [0.2, 0.25) is 0 Å². The minimum atomic E-state index is -0.673. The number of nitrogens with zero attached hydrogens (tertiary/aromatic N) is 8. The molecule has 3 aromatic carbocycles. The van der Waals surface area contributed by atoms with Gasteiger partial charge in [-0.3, -0.25) is 9.67 Å². The standard InChI is InChI=1S/C34H30F2N10/c1-34(2,3)19-40-32-21(14-38)15-39-31-20(13-37)11-22(12-24(31)32)42-33(23-7-5-10-30-25(23)16-41-45(30)4)29-18-46(44-43-29)17-26-27(35)8-6-9-28(26)36/h5-12,15-16,18,33,42H,17,19H2,1-4H3,(H,39,40). The second kappa shape index (κ2) is 11.9. The van der Waals surface area contributed by atoms with Crippen molar-refractivity contribution in [1.29, 1.82) is 10.5 Å². The first kappa shape index (κ1) is 30.2. The Hall–Kier alpha value is -5.88. The predicted octanol–water partition coefficient (Wildman–Crippen LogP) is 6.44. The van der Waals surface area contributed by atoms with Gasteiger partial charge in [0.05, 0.1) is 52.8 Å². The number of nitriles is 2. The van der Waals surface area contributed by atoms with Crippen molar-refractivity contribution in [2.75, 3.05) is 17.2 Å². The number of hydrogen-bond acceptors (Lipinski definition) is 8. The molecule has 0 fully saturated rings. The summed E-state index contributed by atoms with van der Waals surface area (Å²) in [6.07, 6.45) is 4.87. The second-order valence-electron chi connectivity index (χ2n) is 12.3. The first-order valence-electron chi connectivity index (χ1n) is 14.6. The topological polar surface area (TPSA) is 133 Å². The molecule has 6 rings (SSSR count). The lowest BCUT2D eigenvalue weighted by Gasteiger charge is -2.22. The van der Waals surface area contributed by atoms with E-state index in [1.54, 1.807) is 23.1 Å². The van der Waals surface area contributed by atoms with Crippen LogP contribution in [0.5, 0.6) is 0 Å². The van der Waals surface area contributed by atoms with Crippen molar-refractivity contribution in [2.45, 2.75) is 33.4 Å². The number of hydrogen-bond donors (Lipinski definition) is 2. The van der Waals surface area contributed by atoms with Crippen LogP contribution in [0.3, 0.4) is 0 Å². The molecule has 0 spiro atoms. The molecule has 3 heterocycles. The third-order valence-electron chi connectivity index (χ3n) is 7.69. The van der Waals surface area contributed by atoms with Crippen LogP contribution in [0.1, 0.15) is 54.8 Å². The molecular formula is C34H30F2N10. The first-order chi connectivity index (χ1) is 22.1. The molecule has 12 heteroatoms. The Morgan fingerprint density at radius 1 is 0.957 bits per heavy atom. The fourth-order valence-electron chi connectivity index (χ4n) is 5.40. The van der Waals surface area contributed by atoms with Crippen LogP contribution in [0.25, 0.3) is 21.8 Å². The number of halogens is 2. The molecule has 0 bridgehead atoms. The lowest BCUT2D eigenvalue weighted by molar-refractivity contribution is 0.443. The van der Waals surface area contributed by atoms with Crippen LogP contribution in [-0.4, -0.2) is 36.3 Å². The molecule has 1 unspecified atom stereocenters. The second-order valence-corrected chi connectivity index (χ2v) is 12.3. The van der Waals surface area contributed by atoms with Gasteiger partial charge in [0.15, 0.2) is 0 Å². The molecule has 0 aliphatic rings. The summed E-state index contributed by atoms with van der Waals surface area (Å²) in [5.41, 5.74) is 4.28. The van der Waals surface area contributed by atoms with Gasteiger partial charge in [0.2, 0.25) is 0 Å². The lowest BCUT2D eigenvalue weighted by Crippen LogP contribution is -2.20. The number of aryl methyl sites for hydroxylation is 1. The van der Waals surface area contributed by atoms with Crippen molar-refractivity contribution in [2.24, 2.45) is 12.5 Å². The molecule has 0 saturated heterocycles. The Morgan fingerprint density at radius 2 is 1.70 bits per heavy atom. The Kier molecular flexibility index (Phi) is 7.80. The number of anilines is 2. The van der Waals surface area contributed by atoms with Crippen molar-refractivity contribution in [3.8, 4) is 12.1 Å². The van der Waals surface area contributed by atoms with E-state index in [4.69, 9.17) is 0 Å². The zero-order valence-corrected chi connectivity index (χ0v) is 25.7. The highest BCUT2D eigenvalue weighted by Gasteiger charge is 2.24. The quantitative estimate of drug-likeness (QED) is 0.200. The number of aromatic nitrogens is 6. The largest absolute Gasteiger partial charge is 0.383 e. The maximum atomic E-state index is 14.5. The van der Waals surface area contributed by atoms with Crippen LogP contribution < -0.4 is 10.6 Å². The average molecular weight is 617 g/mol. The average Bonchev–Trinajstić information content (AvgIpc) is 3.66. The van der Waals surface area contributed by atoms with E-state index in [9.17, 15) is 19.3 Å². The Bertz CT molecular complexity index is 2160. The zero-order chi connectivity index (χ0) is 32.6. The van der Waals surface area contributed by atoms with Gasteiger partial charge < -0.3 is 10.6 Å². The molecule has 230 valence electrons. The molecule has 10 nitrogen and oxygen atoms in total. The van der Waals surface area contributed by atoms with Gasteiger partial charge in [-0.15, -0.1) is 5.10 Å². The summed E-state index contributed by atoms with van der Waals surface area (Å²) >= 11 is 0. The number of pyridine rings is 1. The van der Waals surface area contributed by atoms with Gasteiger partial charge in [0.25, 0.3) is 0 Å². The Balaban J connectivity index is 1.48. The number of fused-ring (bicyclic) bond motifs is 2. The highest BCUT2D eigenvalue weighted by molar-refractivity contribution is 5.99. The van der Waals surface area contributed by atoms with Gasteiger partial charge in [0, 0.05) is 41.8 Å². The Morgan fingerprint density at radius 3 is 2.41 bits per heavy atom. The molecule has 0 aliphatic carbocycles. The SMILES string of the molecule is Cn1ncc2c(C(Nc3cc(C#N)c4ncc(C#N)c(NCC(C)(C)C)c4c3)c3cn(Cc4c(F)cccc4F)nn3)cccc21. The number of nitrogens with one attached hydrogen (secondary N) is 2. The van der Waals surface area contributed by atoms with Crippen LogP contribution in [0.15, 0.2) is 67.1 Å². The molecule has 2 N–H and O–H groups in total. The summed E-state index contributed by atoms with van der Waals surface area (Å²) in [4.78, 5) is 4.45. The van der Waals surface area contributed by atoms with Crippen molar-refractivity contribution in [3.05, 3.63) is 107 Å². The molecular weight excluding hydrogens is 586 g/mol. The lowest BCUT2D eigenvalue weighted by atomic mass is 9.96. The zero-order valence-electron chi connectivity index (χ0n) is 25.7. The molecule has 0 aliphatic heterocycles. The van der Waals surface area contributed by atoms with Crippen molar-refractivity contribution < 1.29 is 8.78 Å². The van der Waals surface area contributed by atoms with E-state index in [-0.39, 0.29) is 17.5 Å². The minimum Gasteiger partial charge on any atom is -0.383 e. The first-order valence-corrected chi connectivity index (χ1v) is 14.6. The van der Waals surface area contributed by atoms with E-state index >= 15 is 0 Å². The number of benzene rings is 3. The molecule has 0 radical (unpaired) electrons. The normalized spacial score (nSPS) is 12.2. The molecule has 0 saturated carbocycles. The number of rotatable bonds is 8. The van der Waals surface area contributed by atoms with E-state index < -0.39 is 17.7 Å². The molecule has 6 aromatic rings. The van der Waals surface area contributed by atoms with E-state index in [1.807, 2.05) is 31.3 Å². The van der Waals surface area contributed by atoms with Crippen molar-refractivity contribution in [1.82, 2.24) is 29.8 Å². The molecule has 1 atom stereocenters. The summed E-state index contributed by atoms with van der Waals surface area (Å²) in [5.74, 6) is -1.35. The van der Waals surface area contributed by atoms with Crippen molar-refractivity contribution >= 4 is 33.2 Å². The summed E-state index contributed by atoms with van der Waals surface area (Å²) < 4.78 is 32.1. The maximum absolute atomic E-state index is 14.5. The third-order valence-corrected chi connectivity index (χ3v) is 7.69. The Labute approximate surface area is 263 Å². The minimum absolute atomic E-state index is 0.0822. The van der Waals surface area contributed by atoms with Gasteiger partial charge in [-0.25, -0.2) is 13.5 Å². The predicted molar refractivity (Wildman–Crippen MR) is 171 cm³/mol. The molecule has 3 aromatic heterocycles. The van der Waals surface area contributed by atoms with Crippen LogP contribution in [0.4, 0.5) is 20.2 Å². The smallest absolute Gasteiger partial charge is 0.131 e. The van der Waals surface area contributed by atoms with E-state index in [1.165, 1.54) is 29.1 Å². The monoisotopic (exact) mass is 616 g/mol. The third kappa shape index (κ3) is 5.81. The van der Waals surface area contributed by atoms with Crippen LogP contribution >= 0.6 is 0 Å². The van der Waals surface area contributed by atoms with E-state index in [2.05, 4.69) is 63.9 Å². The summed E-state index contributed by atoms with van der Waals surface area (Å²) in [6, 6.07) is 16.9. The van der Waals surface area contributed by atoms with Gasteiger partial charge in [0.1, 0.15) is 29.5 Å². The van der Waals surface area contributed by atoms with Crippen LogP contribution in [0, 0.1) is 39.7 Å². The van der Waals surface area contributed by atoms with Gasteiger partial charge in [-0.2, -0.15) is 15.6 Å². The summed E-state index contributed by atoms with van der Waals surface area (Å²) in [7, 11) is 1.85. The van der Waals surface area contributed by atoms with Crippen LogP contribution in [-0.2, 0) is 13.6 Å². The highest BCUT2D eigenvalue weighted by Crippen LogP contribution is 2.35. The van der Waals surface area contributed by atoms with Gasteiger partial charge >= 0.3 is 0 Å². The van der Waals surface area contributed by atoms with Gasteiger partial charge in [-0.05, 0) is 41.3 Å². The van der Waals surface area contributed by atoms with E-state index in [0.29, 0.717) is 45.6 Å².